The lowest BCUT2D eigenvalue weighted by Gasteiger charge is -2.46. The summed E-state index contributed by atoms with van der Waals surface area (Å²) in [5.41, 5.74) is -1.77. The normalized spacial score (nSPS) is 34.0. The number of amides is 1. The van der Waals surface area contributed by atoms with Gasteiger partial charge in [-0.05, 0) is 31.7 Å². The molecule has 0 radical (unpaired) electrons. The van der Waals surface area contributed by atoms with E-state index in [1.54, 1.807) is 13.2 Å². The third kappa shape index (κ3) is 2.81. The quantitative estimate of drug-likeness (QED) is 0.896. The first-order chi connectivity index (χ1) is 12.0. The summed E-state index contributed by atoms with van der Waals surface area (Å²) < 4.78 is 26.4. The molecule has 4 rings (SSSR count). The molecule has 0 spiro atoms. The Balaban J connectivity index is 1.44. The van der Waals surface area contributed by atoms with Gasteiger partial charge in [0.05, 0.1) is 0 Å². The van der Waals surface area contributed by atoms with Crippen LogP contribution in [0, 0.1) is 5.92 Å². The second kappa shape index (κ2) is 6.07. The molecule has 2 saturated heterocycles. The van der Waals surface area contributed by atoms with Crippen molar-refractivity contribution in [3.63, 3.8) is 0 Å². The molecule has 3 fully saturated rings. The van der Waals surface area contributed by atoms with Crippen molar-refractivity contribution in [2.24, 2.45) is 5.92 Å². The van der Waals surface area contributed by atoms with Crippen molar-refractivity contribution in [1.29, 1.82) is 0 Å². The highest BCUT2D eigenvalue weighted by Gasteiger charge is 2.52. The van der Waals surface area contributed by atoms with Gasteiger partial charge in [0, 0.05) is 44.3 Å². The van der Waals surface area contributed by atoms with E-state index >= 15 is 0 Å². The molecule has 0 aromatic carbocycles. The molecule has 1 aromatic heterocycles. The maximum atomic E-state index is 13.8. The van der Waals surface area contributed by atoms with Gasteiger partial charge in [0.15, 0.2) is 0 Å². The predicted octanol–water partition coefficient (Wildman–Crippen LogP) is 1.79. The molecule has 3 aliphatic rings. The number of carbonyl (C=O) groups excluding carboxylic acids is 1. The van der Waals surface area contributed by atoms with E-state index in [4.69, 9.17) is 0 Å². The van der Waals surface area contributed by atoms with Crippen LogP contribution in [0.25, 0.3) is 0 Å². The Bertz CT molecular complexity index is 652. The number of fused-ring (bicyclic) bond motifs is 2. The molecule has 25 heavy (non-hydrogen) atoms. The number of halogens is 2. The van der Waals surface area contributed by atoms with Crippen molar-refractivity contribution >= 4 is 17.7 Å². The van der Waals surface area contributed by atoms with E-state index in [2.05, 4.69) is 20.2 Å². The number of nitrogens with zero attached hydrogens (tertiary/aromatic N) is 4. The molecule has 6 nitrogen and oxygen atoms in total. The summed E-state index contributed by atoms with van der Waals surface area (Å²) in [5.74, 6) is 1.08. The zero-order valence-electron chi connectivity index (χ0n) is 14.3. The standard InChI is InChI=1S/C17H23F2N5O/c1-20-16-21-5-4-14(22-16)23-8-12-2-3-13(9-23)24(12)15(25)11-6-17(19,7-11)10-18/h4-5,11-13H,2-3,6-10H2,1H3,(H,20,21,22)/t11?,12-,13+,17?. The molecule has 8 heteroatoms. The first-order valence-corrected chi connectivity index (χ1v) is 8.86. The average Bonchev–Trinajstić information content (AvgIpc) is 2.88. The second-order valence-corrected chi connectivity index (χ2v) is 7.41. The van der Waals surface area contributed by atoms with Crippen LogP contribution in [-0.4, -0.2) is 65.3 Å². The summed E-state index contributed by atoms with van der Waals surface area (Å²) in [4.78, 5) is 25.5. The van der Waals surface area contributed by atoms with Crippen LogP contribution in [0.1, 0.15) is 25.7 Å². The Labute approximate surface area is 145 Å². The lowest BCUT2D eigenvalue weighted by Crippen LogP contribution is -2.60. The van der Waals surface area contributed by atoms with E-state index in [9.17, 15) is 13.6 Å². The summed E-state index contributed by atoms with van der Waals surface area (Å²) in [7, 11) is 1.78. The van der Waals surface area contributed by atoms with E-state index in [1.165, 1.54) is 0 Å². The summed E-state index contributed by atoms with van der Waals surface area (Å²) in [6, 6.07) is 2.13. The van der Waals surface area contributed by atoms with Gasteiger partial charge in [-0.3, -0.25) is 4.79 Å². The monoisotopic (exact) mass is 351 g/mol. The van der Waals surface area contributed by atoms with Crippen molar-refractivity contribution in [3.8, 4) is 0 Å². The van der Waals surface area contributed by atoms with Crippen LogP contribution < -0.4 is 10.2 Å². The molecule has 1 N–H and O–H groups in total. The van der Waals surface area contributed by atoms with Gasteiger partial charge in [-0.1, -0.05) is 0 Å². The minimum atomic E-state index is -1.77. The lowest BCUT2D eigenvalue weighted by molar-refractivity contribution is -0.149. The summed E-state index contributed by atoms with van der Waals surface area (Å²) in [6.07, 6.45) is 3.68. The average molecular weight is 351 g/mol. The molecule has 1 aromatic rings. The third-order valence-corrected chi connectivity index (χ3v) is 5.74. The highest BCUT2D eigenvalue weighted by atomic mass is 19.2. The van der Waals surface area contributed by atoms with Crippen LogP contribution in [0.4, 0.5) is 20.5 Å². The minimum Gasteiger partial charge on any atom is -0.357 e. The number of nitrogens with one attached hydrogen (secondary N) is 1. The van der Waals surface area contributed by atoms with Crippen LogP contribution >= 0.6 is 0 Å². The number of aromatic nitrogens is 2. The fourth-order valence-corrected chi connectivity index (χ4v) is 4.41. The van der Waals surface area contributed by atoms with Crippen molar-refractivity contribution < 1.29 is 13.6 Å². The Morgan fingerprint density at radius 2 is 2.04 bits per heavy atom. The van der Waals surface area contributed by atoms with Crippen LogP contribution in [0.5, 0.6) is 0 Å². The number of hydrogen-bond acceptors (Lipinski definition) is 5. The fourth-order valence-electron chi connectivity index (χ4n) is 4.41. The van der Waals surface area contributed by atoms with E-state index in [0.717, 1.165) is 31.7 Å². The summed E-state index contributed by atoms with van der Waals surface area (Å²) in [5, 5.41) is 2.94. The predicted molar refractivity (Wildman–Crippen MR) is 90.0 cm³/mol. The van der Waals surface area contributed by atoms with Gasteiger partial charge in [0.2, 0.25) is 11.9 Å². The zero-order valence-corrected chi connectivity index (χ0v) is 14.3. The number of hydrogen-bond donors (Lipinski definition) is 1. The molecular weight excluding hydrogens is 328 g/mol. The highest BCUT2D eigenvalue weighted by molar-refractivity contribution is 5.81. The highest BCUT2D eigenvalue weighted by Crippen LogP contribution is 2.44. The van der Waals surface area contributed by atoms with Gasteiger partial charge in [-0.2, -0.15) is 4.98 Å². The number of alkyl halides is 2. The van der Waals surface area contributed by atoms with Crippen LogP contribution in [0.2, 0.25) is 0 Å². The molecule has 2 bridgehead atoms. The molecule has 3 heterocycles. The zero-order chi connectivity index (χ0) is 17.6. The van der Waals surface area contributed by atoms with Crippen molar-refractivity contribution in [1.82, 2.24) is 14.9 Å². The van der Waals surface area contributed by atoms with E-state index in [0.29, 0.717) is 5.95 Å². The first kappa shape index (κ1) is 16.5. The minimum absolute atomic E-state index is 0.00692. The Hall–Kier alpha value is -1.99. The topological polar surface area (TPSA) is 61.4 Å². The van der Waals surface area contributed by atoms with E-state index < -0.39 is 12.3 Å². The molecule has 1 saturated carbocycles. The van der Waals surface area contributed by atoms with E-state index in [1.807, 2.05) is 11.0 Å². The lowest BCUT2D eigenvalue weighted by atomic mass is 9.72. The number of rotatable bonds is 4. The van der Waals surface area contributed by atoms with E-state index in [-0.39, 0.29) is 36.8 Å². The molecule has 2 aliphatic heterocycles. The number of anilines is 2. The molecule has 1 aliphatic carbocycles. The SMILES string of the molecule is CNc1nccc(N2C[C@H]3CC[C@@H](C2)N3C(=O)C2CC(F)(CF)C2)n1. The second-order valence-electron chi connectivity index (χ2n) is 7.41. The van der Waals surface area contributed by atoms with Gasteiger partial charge in [-0.15, -0.1) is 0 Å². The van der Waals surface area contributed by atoms with Gasteiger partial charge in [0.25, 0.3) is 0 Å². The fraction of sp³-hybridized carbons (Fsp3) is 0.706. The molecule has 0 unspecified atom stereocenters. The molecular formula is C17H23F2N5O. The number of piperazine rings is 1. The number of carbonyl (C=O) groups is 1. The largest absolute Gasteiger partial charge is 0.357 e. The maximum Gasteiger partial charge on any atom is 0.226 e. The smallest absolute Gasteiger partial charge is 0.226 e. The maximum absolute atomic E-state index is 13.8. The van der Waals surface area contributed by atoms with Gasteiger partial charge in [0.1, 0.15) is 18.2 Å². The Morgan fingerprint density at radius 1 is 1.36 bits per heavy atom. The van der Waals surface area contributed by atoms with Crippen LogP contribution in [0.3, 0.4) is 0 Å². The van der Waals surface area contributed by atoms with Crippen LogP contribution in [0.15, 0.2) is 12.3 Å². The first-order valence-electron chi connectivity index (χ1n) is 8.86. The van der Waals surface area contributed by atoms with Gasteiger partial charge >= 0.3 is 0 Å². The molecule has 1 amide bonds. The van der Waals surface area contributed by atoms with Crippen molar-refractivity contribution in [3.05, 3.63) is 12.3 Å². The Kier molecular flexibility index (Phi) is 4.00. The van der Waals surface area contributed by atoms with Crippen molar-refractivity contribution in [2.45, 2.75) is 43.4 Å². The van der Waals surface area contributed by atoms with Crippen LogP contribution in [-0.2, 0) is 4.79 Å². The third-order valence-electron chi connectivity index (χ3n) is 5.74. The summed E-state index contributed by atoms with van der Waals surface area (Å²) in [6.45, 7) is 0.455. The van der Waals surface area contributed by atoms with Crippen molar-refractivity contribution in [2.75, 3.05) is 37.0 Å². The van der Waals surface area contributed by atoms with Gasteiger partial charge in [-0.25, -0.2) is 13.8 Å². The molecule has 2 atom stereocenters. The van der Waals surface area contributed by atoms with Gasteiger partial charge < -0.3 is 15.1 Å². The summed E-state index contributed by atoms with van der Waals surface area (Å²) >= 11 is 0. The Morgan fingerprint density at radius 3 is 2.64 bits per heavy atom. The molecule has 136 valence electrons.